The Morgan fingerprint density at radius 3 is 2.09 bits per heavy atom. The van der Waals surface area contributed by atoms with Crippen molar-refractivity contribution in [3.8, 4) is 5.75 Å². The van der Waals surface area contributed by atoms with Gasteiger partial charge in [0.15, 0.2) is 9.84 Å². The van der Waals surface area contributed by atoms with Gasteiger partial charge in [0.1, 0.15) is 11.5 Å². The van der Waals surface area contributed by atoms with Crippen LogP contribution in [-0.4, -0.2) is 55.4 Å². The number of rotatable bonds is 19. The molecule has 3 atom stereocenters. The lowest BCUT2D eigenvalue weighted by molar-refractivity contribution is -0.384. The number of carbonyl (C=O) groups is 1. The maximum atomic E-state index is 13.2. The predicted molar refractivity (Wildman–Crippen MR) is 171 cm³/mol. The molecule has 0 amide bonds. The number of aliphatic hydroxyl groups excluding tert-OH is 1. The number of ketones is 1. The van der Waals surface area contributed by atoms with Crippen molar-refractivity contribution >= 4 is 21.3 Å². The van der Waals surface area contributed by atoms with E-state index >= 15 is 0 Å². The Morgan fingerprint density at radius 2 is 1.51 bits per heavy atom. The number of non-ortho nitro benzene ring substituents is 1. The lowest BCUT2D eigenvalue weighted by atomic mass is 9.87. The molecule has 0 aliphatic rings. The first-order chi connectivity index (χ1) is 21.3. The predicted octanol–water partition coefficient (Wildman–Crippen LogP) is 6.08. The van der Waals surface area contributed by atoms with Crippen molar-refractivity contribution in [2.45, 2.75) is 82.9 Å². The maximum absolute atomic E-state index is 13.2. The van der Waals surface area contributed by atoms with Gasteiger partial charge in [-0.05, 0) is 67.3 Å². The fraction of sp³-hybridized carbons (Fsp3) is 0.441. The zero-order chi connectivity index (χ0) is 33.0. The number of methoxy groups -OCH3 is 1. The van der Waals surface area contributed by atoms with E-state index in [1.807, 2.05) is 24.3 Å². The Balaban J connectivity index is 1.60. The number of nitro benzene ring substituents is 1. The van der Waals surface area contributed by atoms with Crippen molar-refractivity contribution in [3.05, 3.63) is 100 Å². The van der Waals surface area contributed by atoms with Crippen LogP contribution in [0.3, 0.4) is 0 Å². The van der Waals surface area contributed by atoms with Gasteiger partial charge in [0, 0.05) is 30.4 Å². The van der Waals surface area contributed by atoms with Crippen LogP contribution in [0, 0.1) is 15.5 Å². The van der Waals surface area contributed by atoms with E-state index < -0.39 is 38.5 Å². The molecule has 244 valence electrons. The van der Waals surface area contributed by atoms with Gasteiger partial charge >= 0.3 is 0 Å². The molecule has 0 heterocycles. The van der Waals surface area contributed by atoms with Gasteiger partial charge in [0.2, 0.25) is 0 Å². The van der Waals surface area contributed by atoms with Gasteiger partial charge in [-0.3, -0.25) is 14.9 Å². The van der Waals surface area contributed by atoms with Crippen LogP contribution >= 0.6 is 0 Å². The molecule has 3 aromatic rings. The van der Waals surface area contributed by atoms with Crippen molar-refractivity contribution in [1.82, 2.24) is 0 Å². The summed E-state index contributed by atoms with van der Waals surface area (Å²) >= 11 is 0. The molecule has 0 unspecified atom stereocenters. The molecule has 0 saturated carbocycles. The van der Waals surface area contributed by atoms with Crippen molar-refractivity contribution in [2.75, 3.05) is 12.9 Å². The van der Waals surface area contributed by atoms with E-state index in [4.69, 9.17) is 14.2 Å². The molecular formula is C34H43NO9S. The molecule has 3 rings (SSSR count). The SMILES string of the molecule is COc1ccc(CO[C@H](C)[C@H](O)C[C@H](CCCC(=O)C(C)(C)CS(=O)(=O)c2ccccc2)OCc2ccc([N+](=O)[O-])cc2)cc1. The molecule has 0 radical (unpaired) electrons. The van der Waals surface area contributed by atoms with Gasteiger partial charge in [-0.25, -0.2) is 8.42 Å². The van der Waals surface area contributed by atoms with Gasteiger partial charge in [0.25, 0.3) is 5.69 Å². The van der Waals surface area contributed by atoms with Gasteiger partial charge < -0.3 is 19.3 Å². The van der Waals surface area contributed by atoms with Crippen molar-refractivity contribution in [1.29, 1.82) is 0 Å². The van der Waals surface area contributed by atoms with Gasteiger partial charge in [-0.1, -0.05) is 44.2 Å². The van der Waals surface area contributed by atoms with E-state index in [0.29, 0.717) is 19.4 Å². The van der Waals surface area contributed by atoms with Crippen LogP contribution in [-0.2, 0) is 37.3 Å². The molecule has 3 aromatic carbocycles. The fourth-order valence-electron chi connectivity index (χ4n) is 4.81. The topological polar surface area (TPSA) is 142 Å². The van der Waals surface area contributed by atoms with Gasteiger partial charge in [-0.2, -0.15) is 0 Å². The number of nitrogens with zero attached hydrogens (tertiary/aromatic N) is 1. The van der Waals surface area contributed by atoms with Gasteiger partial charge in [0.05, 0.1) is 54.2 Å². The Kier molecular flexibility index (Phi) is 13.2. The highest BCUT2D eigenvalue weighted by Crippen LogP contribution is 2.27. The highest BCUT2D eigenvalue weighted by molar-refractivity contribution is 7.91. The minimum Gasteiger partial charge on any atom is -0.497 e. The van der Waals surface area contributed by atoms with E-state index in [1.54, 1.807) is 58.2 Å². The smallest absolute Gasteiger partial charge is 0.269 e. The Bertz CT molecular complexity index is 1470. The Labute approximate surface area is 265 Å². The third kappa shape index (κ3) is 11.3. The van der Waals surface area contributed by atoms with Crippen LogP contribution < -0.4 is 4.74 Å². The summed E-state index contributed by atoms with van der Waals surface area (Å²) in [6.07, 6.45) is -0.597. The summed E-state index contributed by atoms with van der Waals surface area (Å²) in [4.78, 5) is 23.9. The first kappa shape index (κ1) is 35.8. The standard InChI is InChI=1S/C34H43NO9S/c1-25(43-22-27-15-19-29(42-4)20-16-27)32(36)21-30(44-23-26-13-17-28(18-14-26)35(38)39)9-8-12-33(37)34(2,3)24-45(40,41)31-10-6-5-7-11-31/h5-7,10-11,13-20,25,30,32,36H,8-9,12,21-24H2,1-4H3/t25-,30+,32-/m1/s1. The maximum Gasteiger partial charge on any atom is 0.269 e. The number of hydrogen-bond acceptors (Lipinski definition) is 9. The summed E-state index contributed by atoms with van der Waals surface area (Å²) in [5.74, 6) is 0.261. The summed E-state index contributed by atoms with van der Waals surface area (Å²) in [5, 5.41) is 22.0. The van der Waals surface area contributed by atoms with Crippen molar-refractivity contribution in [3.63, 3.8) is 0 Å². The second-order valence-electron chi connectivity index (χ2n) is 11.8. The van der Waals surface area contributed by atoms with E-state index in [1.165, 1.54) is 24.3 Å². The number of aliphatic hydroxyl groups is 1. The first-order valence-corrected chi connectivity index (χ1v) is 16.5. The second kappa shape index (κ2) is 16.6. The lowest BCUT2D eigenvalue weighted by Crippen LogP contribution is -2.33. The highest BCUT2D eigenvalue weighted by Gasteiger charge is 2.34. The van der Waals surface area contributed by atoms with Crippen LogP contribution in [0.5, 0.6) is 5.75 Å². The molecular weight excluding hydrogens is 598 g/mol. The summed E-state index contributed by atoms with van der Waals surface area (Å²) in [5.41, 5.74) is 0.542. The summed E-state index contributed by atoms with van der Waals surface area (Å²) in [6, 6.07) is 21.6. The van der Waals surface area contributed by atoms with E-state index in [-0.39, 0.29) is 41.6 Å². The molecule has 0 fully saturated rings. The minimum absolute atomic E-state index is 0.0241. The lowest BCUT2D eigenvalue weighted by Gasteiger charge is -2.26. The normalized spacial score (nSPS) is 14.0. The summed E-state index contributed by atoms with van der Waals surface area (Å²) < 4.78 is 43.1. The van der Waals surface area contributed by atoms with Crippen LogP contribution in [0.25, 0.3) is 0 Å². The van der Waals surface area contributed by atoms with Crippen LogP contribution in [0.2, 0.25) is 0 Å². The molecule has 1 N–H and O–H groups in total. The number of nitro groups is 1. The van der Waals surface area contributed by atoms with Crippen molar-refractivity contribution in [2.24, 2.45) is 5.41 Å². The zero-order valence-electron chi connectivity index (χ0n) is 26.3. The molecule has 45 heavy (non-hydrogen) atoms. The molecule has 0 saturated heterocycles. The average Bonchev–Trinajstić information content (AvgIpc) is 3.02. The number of hydrogen-bond donors (Lipinski definition) is 1. The third-order valence-electron chi connectivity index (χ3n) is 7.69. The van der Waals surface area contributed by atoms with Crippen molar-refractivity contribution < 1.29 is 37.5 Å². The third-order valence-corrected chi connectivity index (χ3v) is 9.78. The largest absolute Gasteiger partial charge is 0.497 e. The number of benzene rings is 3. The molecule has 0 aromatic heterocycles. The molecule has 0 bridgehead atoms. The monoisotopic (exact) mass is 641 g/mol. The number of carbonyl (C=O) groups excluding carboxylic acids is 1. The fourth-order valence-corrected chi connectivity index (χ4v) is 6.66. The average molecular weight is 642 g/mol. The number of Topliss-reactive ketones (excluding diaryl/α,β-unsaturated/α-hetero) is 1. The minimum atomic E-state index is -3.65. The molecule has 0 aliphatic carbocycles. The van der Waals surface area contributed by atoms with Crippen LogP contribution in [0.1, 0.15) is 57.6 Å². The molecule has 10 nitrogen and oxygen atoms in total. The number of sulfone groups is 1. The molecule has 0 aliphatic heterocycles. The summed E-state index contributed by atoms with van der Waals surface area (Å²) in [7, 11) is -2.05. The summed E-state index contributed by atoms with van der Waals surface area (Å²) in [6.45, 7) is 5.52. The molecule has 11 heteroatoms. The van der Waals surface area contributed by atoms with Crippen LogP contribution in [0.15, 0.2) is 83.8 Å². The van der Waals surface area contributed by atoms with E-state index in [9.17, 15) is 28.4 Å². The Morgan fingerprint density at radius 1 is 0.933 bits per heavy atom. The highest BCUT2D eigenvalue weighted by atomic mass is 32.2. The zero-order valence-corrected chi connectivity index (χ0v) is 27.1. The second-order valence-corrected chi connectivity index (χ2v) is 13.8. The Hall–Kier alpha value is -3.64. The van der Waals surface area contributed by atoms with E-state index in [0.717, 1.165) is 16.9 Å². The molecule has 0 spiro atoms. The first-order valence-electron chi connectivity index (χ1n) is 14.9. The van der Waals surface area contributed by atoms with Crippen LogP contribution in [0.4, 0.5) is 5.69 Å². The van der Waals surface area contributed by atoms with Gasteiger partial charge in [-0.15, -0.1) is 0 Å². The quantitative estimate of drug-likeness (QED) is 0.122. The van der Waals surface area contributed by atoms with E-state index in [2.05, 4.69) is 0 Å². The number of ether oxygens (including phenoxy) is 3.